The third kappa shape index (κ3) is 3.55. The van der Waals surface area contributed by atoms with Crippen molar-refractivity contribution < 1.29 is 5.11 Å². The van der Waals surface area contributed by atoms with Crippen LogP contribution in [0.4, 0.5) is 0 Å². The average Bonchev–Trinajstić information content (AvgIpc) is 2.38. The van der Waals surface area contributed by atoms with E-state index in [9.17, 15) is 5.11 Å². The Kier molecular flexibility index (Phi) is 5.18. The molecule has 0 radical (unpaired) electrons. The second kappa shape index (κ2) is 6.89. The van der Waals surface area contributed by atoms with Gasteiger partial charge in [-0.1, -0.05) is 45.1 Å². The first-order valence-corrected chi connectivity index (χ1v) is 7.38. The molecule has 0 spiro atoms. The van der Waals surface area contributed by atoms with Gasteiger partial charge in [0.2, 0.25) is 0 Å². The molecule has 0 amide bonds. The molecule has 0 aliphatic heterocycles. The van der Waals surface area contributed by atoms with Crippen LogP contribution in [0.25, 0.3) is 0 Å². The van der Waals surface area contributed by atoms with E-state index in [1.54, 1.807) is 0 Å². The van der Waals surface area contributed by atoms with Gasteiger partial charge in [0.1, 0.15) is 0 Å². The molecule has 1 aliphatic carbocycles. The Balaban J connectivity index is 1.98. The van der Waals surface area contributed by atoms with Crippen LogP contribution in [0, 0.1) is 5.92 Å². The fraction of sp³-hybridized carbons (Fsp3) is 0.688. The average molecular weight is 247 g/mol. The minimum atomic E-state index is -0.238. The lowest BCUT2D eigenvalue weighted by Crippen LogP contribution is -2.27. The molecule has 18 heavy (non-hydrogen) atoms. The highest BCUT2D eigenvalue weighted by Gasteiger charge is 2.26. The van der Waals surface area contributed by atoms with Crippen LogP contribution in [0.5, 0.6) is 0 Å². The van der Waals surface area contributed by atoms with Crippen molar-refractivity contribution in [1.29, 1.82) is 0 Å². The highest BCUT2D eigenvalue weighted by atomic mass is 16.3. The summed E-state index contributed by atoms with van der Waals surface area (Å²) < 4.78 is 0. The summed E-state index contributed by atoms with van der Waals surface area (Å²) in [5.74, 6) is 0.609. The Morgan fingerprint density at radius 2 is 1.78 bits per heavy atom. The van der Waals surface area contributed by atoms with Gasteiger partial charge in [0.15, 0.2) is 0 Å². The molecule has 1 aliphatic rings. The fourth-order valence-corrected chi connectivity index (χ4v) is 3.06. The fourth-order valence-electron chi connectivity index (χ4n) is 3.06. The lowest BCUT2D eigenvalue weighted by atomic mass is 9.81. The molecule has 0 bridgehead atoms. The number of aromatic nitrogens is 1. The van der Waals surface area contributed by atoms with Gasteiger partial charge in [-0.2, -0.15) is 0 Å². The van der Waals surface area contributed by atoms with E-state index in [0.717, 1.165) is 5.69 Å². The number of rotatable bonds is 3. The summed E-state index contributed by atoms with van der Waals surface area (Å²) in [6.45, 7) is 2.10. The van der Waals surface area contributed by atoms with Gasteiger partial charge in [-0.05, 0) is 30.9 Å². The molecule has 2 atom stereocenters. The maximum atomic E-state index is 10.6. The third-order valence-electron chi connectivity index (χ3n) is 4.30. The van der Waals surface area contributed by atoms with Gasteiger partial charge in [0.05, 0.1) is 6.10 Å². The minimum absolute atomic E-state index is 0.149. The smallest absolute Gasteiger partial charge is 0.0649 e. The largest absolute Gasteiger partial charge is 0.392 e. The summed E-state index contributed by atoms with van der Waals surface area (Å²) in [5.41, 5.74) is 1.02. The first-order valence-electron chi connectivity index (χ1n) is 7.38. The second-order valence-electron chi connectivity index (χ2n) is 5.64. The molecule has 2 heteroatoms. The molecular formula is C16H25NO. The zero-order valence-electron chi connectivity index (χ0n) is 11.4. The van der Waals surface area contributed by atoms with Gasteiger partial charge in [0.25, 0.3) is 0 Å². The molecule has 1 N–H and O–H groups in total. The standard InChI is InChI=1S/C16H25NO/c1-13(15-11-7-8-12-17-15)16(18)14-9-5-3-2-4-6-10-14/h7-8,11-14,16,18H,2-6,9-10H2,1H3. The van der Waals surface area contributed by atoms with Crippen molar-refractivity contribution in [2.45, 2.75) is 63.9 Å². The van der Waals surface area contributed by atoms with Gasteiger partial charge < -0.3 is 5.11 Å². The Morgan fingerprint density at radius 1 is 1.11 bits per heavy atom. The quantitative estimate of drug-likeness (QED) is 0.878. The number of hydrogen-bond donors (Lipinski definition) is 1. The number of aliphatic hydroxyl groups is 1. The van der Waals surface area contributed by atoms with Crippen LogP contribution < -0.4 is 0 Å². The Hall–Kier alpha value is -0.890. The molecule has 2 nitrogen and oxygen atoms in total. The molecule has 1 saturated carbocycles. The van der Waals surface area contributed by atoms with Gasteiger partial charge in [-0.25, -0.2) is 0 Å². The van der Waals surface area contributed by atoms with Gasteiger partial charge >= 0.3 is 0 Å². The predicted molar refractivity (Wildman–Crippen MR) is 74.5 cm³/mol. The third-order valence-corrected chi connectivity index (χ3v) is 4.30. The van der Waals surface area contributed by atoms with Gasteiger partial charge in [-0.15, -0.1) is 0 Å². The molecule has 0 aromatic carbocycles. The highest BCUT2D eigenvalue weighted by molar-refractivity contribution is 5.10. The molecule has 2 unspecified atom stereocenters. The summed E-state index contributed by atoms with van der Waals surface area (Å²) in [6.07, 6.45) is 10.5. The highest BCUT2D eigenvalue weighted by Crippen LogP contribution is 2.31. The molecular weight excluding hydrogens is 222 g/mol. The monoisotopic (exact) mass is 247 g/mol. The number of hydrogen-bond acceptors (Lipinski definition) is 2. The molecule has 1 heterocycles. The maximum absolute atomic E-state index is 10.6. The summed E-state index contributed by atoms with van der Waals surface area (Å²) in [4.78, 5) is 4.38. The SMILES string of the molecule is CC(c1ccccn1)C(O)C1CCCCCCC1. The van der Waals surface area contributed by atoms with Crippen LogP contribution in [-0.2, 0) is 0 Å². The van der Waals surface area contributed by atoms with E-state index in [2.05, 4.69) is 11.9 Å². The van der Waals surface area contributed by atoms with E-state index >= 15 is 0 Å². The van der Waals surface area contributed by atoms with Crippen molar-refractivity contribution >= 4 is 0 Å². The van der Waals surface area contributed by atoms with Crippen molar-refractivity contribution in [1.82, 2.24) is 4.98 Å². The first-order chi connectivity index (χ1) is 8.79. The van der Waals surface area contributed by atoms with Crippen molar-refractivity contribution in [2.75, 3.05) is 0 Å². The van der Waals surface area contributed by atoms with E-state index in [1.807, 2.05) is 24.4 Å². The Bertz CT molecular complexity index is 330. The second-order valence-corrected chi connectivity index (χ2v) is 5.64. The van der Waals surface area contributed by atoms with E-state index in [0.29, 0.717) is 5.92 Å². The molecule has 1 aromatic rings. The van der Waals surface area contributed by atoms with Crippen LogP contribution in [-0.4, -0.2) is 16.2 Å². The van der Waals surface area contributed by atoms with E-state index < -0.39 is 0 Å². The summed E-state index contributed by atoms with van der Waals surface area (Å²) in [6, 6.07) is 5.96. The maximum Gasteiger partial charge on any atom is 0.0649 e. The molecule has 100 valence electrons. The molecule has 0 saturated heterocycles. The van der Waals surface area contributed by atoms with Crippen LogP contribution in [0.1, 0.15) is 63.5 Å². The first kappa shape index (κ1) is 13.5. The number of nitrogens with zero attached hydrogens (tertiary/aromatic N) is 1. The van der Waals surface area contributed by atoms with Crippen molar-refractivity contribution in [3.05, 3.63) is 30.1 Å². The predicted octanol–water partition coefficient (Wildman–Crippen LogP) is 3.91. The topological polar surface area (TPSA) is 33.1 Å². The summed E-state index contributed by atoms with van der Waals surface area (Å²) in [5, 5.41) is 10.6. The van der Waals surface area contributed by atoms with E-state index in [-0.39, 0.29) is 12.0 Å². The van der Waals surface area contributed by atoms with Crippen molar-refractivity contribution in [2.24, 2.45) is 5.92 Å². The zero-order chi connectivity index (χ0) is 12.8. The number of pyridine rings is 1. The molecule has 1 aromatic heterocycles. The van der Waals surface area contributed by atoms with Gasteiger partial charge in [-0.3, -0.25) is 4.98 Å². The van der Waals surface area contributed by atoms with Crippen molar-refractivity contribution in [3.63, 3.8) is 0 Å². The molecule has 2 rings (SSSR count). The van der Waals surface area contributed by atoms with Crippen LogP contribution in [0.3, 0.4) is 0 Å². The lowest BCUT2D eigenvalue weighted by Gasteiger charge is -2.29. The van der Waals surface area contributed by atoms with Crippen LogP contribution >= 0.6 is 0 Å². The summed E-state index contributed by atoms with van der Waals surface area (Å²) >= 11 is 0. The minimum Gasteiger partial charge on any atom is -0.392 e. The van der Waals surface area contributed by atoms with E-state index in [4.69, 9.17) is 0 Å². The van der Waals surface area contributed by atoms with Crippen LogP contribution in [0.2, 0.25) is 0 Å². The molecule has 1 fully saturated rings. The van der Waals surface area contributed by atoms with Crippen LogP contribution in [0.15, 0.2) is 24.4 Å². The Morgan fingerprint density at radius 3 is 2.39 bits per heavy atom. The number of aliphatic hydroxyl groups excluding tert-OH is 1. The Labute approximate surface area is 110 Å². The normalized spacial score (nSPS) is 21.9. The zero-order valence-corrected chi connectivity index (χ0v) is 11.4. The lowest BCUT2D eigenvalue weighted by molar-refractivity contribution is 0.0697. The van der Waals surface area contributed by atoms with E-state index in [1.165, 1.54) is 44.9 Å². The van der Waals surface area contributed by atoms with Crippen molar-refractivity contribution in [3.8, 4) is 0 Å². The van der Waals surface area contributed by atoms with Gasteiger partial charge in [0, 0.05) is 17.8 Å². The summed E-state index contributed by atoms with van der Waals surface area (Å²) in [7, 11) is 0.